The number of hydrogen-bond acceptors (Lipinski definition) is 7. The van der Waals surface area contributed by atoms with Crippen LogP contribution in [0.25, 0.3) is 5.65 Å². The summed E-state index contributed by atoms with van der Waals surface area (Å²) < 4.78 is 20.2. The van der Waals surface area contributed by atoms with Crippen LogP contribution >= 0.6 is 0 Å². The van der Waals surface area contributed by atoms with Gasteiger partial charge in [-0.2, -0.15) is 10.6 Å². The number of aromatic nitrogens is 4. The highest BCUT2D eigenvalue weighted by Crippen LogP contribution is 2.35. The second-order valence-electron chi connectivity index (χ2n) is 6.05. The average Bonchev–Trinajstić information content (AvgIpc) is 3.29. The zero-order chi connectivity index (χ0) is 18.8. The predicted molar refractivity (Wildman–Crippen MR) is 92.7 cm³/mol. The number of hydroxylamine groups is 1. The zero-order valence-corrected chi connectivity index (χ0v) is 14.5. The lowest BCUT2D eigenvalue weighted by atomic mass is 10.1. The normalized spacial score (nSPS) is 16.7. The summed E-state index contributed by atoms with van der Waals surface area (Å²) >= 11 is 0. The van der Waals surface area contributed by atoms with Crippen molar-refractivity contribution in [3.05, 3.63) is 48.3 Å². The average molecular weight is 372 g/mol. The van der Waals surface area contributed by atoms with E-state index >= 15 is 0 Å². The minimum atomic E-state index is -0.774. The van der Waals surface area contributed by atoms with Crippen LogP contribution in [0.1, 0.15) is 24.4 Å². The molecule has 0 aliphatic carbocycles. The number of ether oxygens (including phenoxy) is 1. The van der Waals surface area contributed by atoms with Crippen LogP contribution in [0.2, 0.25) is 0 Å². The highest BCUT2D eigenvalue weighted by atomic mass is 19.1. The molecule has 10 heteroatoms. The molecule has 140 valence electrons. The van der Waals surface area contributed by atoms with Gasteiger partial charge in [-0.3, -0.25) is 9.82 Å². The molecule has 9 nitrogen and oxygen atoms in total. The van der Waals surface area contributed by atoms with Crippen molar-refractivity contribution in [1.29, 1.82) is 0 Å². The Morgan fingerprint density at radius 2 is 2.26 bits per heavy atom. The summed E-state index contributed by atoms with van der Waals surface area (Å²) in [7, 11) is 1.31. The summed E-state index contributed by atoms with van der Waals surface area (Å²) in [5, 5.41) is 4.12. The van der Waals surface area contributed by atoms with Crippen molar-refractivity contribution >= 4 is 17.6 Å². The Hall–Kier alpha value is -3.27. The number of halogens is 1. The van der Waals surface area contributed by atoms with Crippen molar-refractivity contribution in [3.63, 3.8) is 0 Å². The van der Waals surface area contributed by atoms with Gasteiger partial charge in [-0.05, 0) is 30.5 Å². The molecule has 1 fully saturated rings. The van der Waals surface area contributed by atoms with E-state index in [1.807, 2.05) is 6.07 Å². The van der Waals surface area contributed by atoms with Crippen molar-refractivity contribution in [2.75, 3.05) is 18.6 Å². The molecule has 1 aliphatic rings. The maximum Gasteiger partial charge on any atom is 0.436 e. The Morgan fingerprint density at radius 3 is 3.07 bits per heavy atom. The SMILES string of the molecule is CONC(=O)Oc1cnn2ccc(N3CCC[C@@H]3c3cncc(F)c3)nc12. The molecule has 1 amide bonds. The summed E-state index contributed by atoms with van der Waals surface area (Å²) in [5.41, 5.74) is 3.27. The Labute approximate surface area is 153 Å². The first kappa shape index (κ1) is 17.2. The van der Waals surface area contributed by atoms with Gasteiger partial charge in [-0.25, -0.2) is 18.7 Å². The molecule has 0 saturated carbocycles. The van der Waals surface area contributed by atoms with Gasteiger partial charge in [0.25, 0.3) is 0 Å². The van der Waals surface area contributed by atoms with E-state index in [0.717, 1.165) is 24.9 Å². The van der Waals surface area contributed by atoms with E-state index in [4.69, 9.17) is 4.74 Å². The van der Waals surface area contributed by atoms with E-state index in [-0.39, 0.29) is 17.6 Å². The Kier molecular flexibility index (Phi) is 4.55. The minimum absolute atomic E-state index is 0.0211. The third-order valence-electron chi connectivity index (χ3n) is 4.37. The topological polar surface area (TPSA) is 93.9 Å². The molecule has 0 radical (unpaired) electrons. The Morgan fingerprint density at radius 1 is 1.37 bits per heavy atom. The zero-order valence-electron chi connectivity index (χ0n) is 14.5. The molecule has 0 aromatic carbocycles. The summed E-state index contributed by atoms with van der Waals surface area (Å²) in [6.07, 6.45) is 7.05. The third-order valence-corrected chi connectivity index (χ3v) is 4.37. The lowest BCUT2D eigenvalue weighted by Crippen LogP contribution is -2.25. The highest BCUT2D eigenvalue weighted by Gasteiger charge is 2.28. The molecular formula is C17H17FN6O3. The van der Waals surface area contributed by atoms with Crippen LogP contribution in [0.3, 0.4) is 0 Å². The number of nitrogens with zero attached hydrogens (tertiary/aromatic N) is 5. The summed E-state index contributed by atoms with van der Waals surface area (Å²) in [4.78, 5) is 26.7. The van der Waals surface area contributed by atoms with Crippen molar-refractivity contribution in [2.24, 2.45) is 0 Å². The van der Waals surface area contributed by atoms with Crippen LogP contribution in [0.5, 0.6) is 5.75 Å². The van der Waals surface area contributed by atoms with Gasteiger partial charge in [0.2, 0.25) is 5.65 Å². The summed E-state index contributed by atoms with van der Waals surface area (Å²) in [6, 6.07) is 3.30. The molecule has 4 rings (SSSR count). The van der Waals surface area contributed by atoms with Gasteiger partial charge in [0.05, 0.1) is 25.5 Å². The van der Waals surface area contributed by atoms with Gasteiger partial charge in [0.15, 0.2) is 5.75 Å². The molecule has 27 heavy (non-hydrogen) atoms. The number of rotatable bonds is 4. The first-order chi connectivity index (χ1) is 13.2. The molecule has 0 spiro atoms. The van der Waals surface area contributed by atoms with E-state index < -0.39 is 6.09 Å². The molecule has 4 heterocycles. The van der Waals surface area contributed by atoms with E-state index in [2.05, 4.69) is 30.3 Å². The van der Waals surface area contributed by atoms with Crippen LogP contribution in [-0.2, 0) is 4.84 Å². The van der Waals surface area contributed by atoms with E-state index in [0.29, 0.717) is 11.5 Å². The van der Waals surface area contributed by atoms with Gasteiger partial charge in [-0.1, -0.05) is 0 Å². The van der Waals surface area contributed by atoms with Crippen LogP contribution in [0.15, 0.2) is 36.9 Å². The second kappa shape index (κ2) is 7.16. The number of carbonyl (C=O) groups excluding carboxylic acids is 1. The van der Waals surface area contributed by atoms with Crippen LogP contribution < -0.4 is 15.1 Å². The van der Waals surface area contributed by atoms with Crippen molar-refractivity contribution < 1.29 is 18.8 Å². The molecule has 3 aromatic rings. The quantitative estimate of drug-likeness (QED) is 0.702. The summed E-state index contributed by atoms with van der Waals surface area (Å²) in [6.45, 7) is 0.777. The van der Waals surface area contributed by atoms with E-state index in [9.17, 15) is 9.18 Å². The van der Waals surface area contributed by atoms with Gasteiger partial charge in [0.1, 0.15) is 11.6 Å². The molecule has 1 saturated heterocycles. The van der Waals surface area contributed by atoms with Crippen molar-refractivity contribution in [3.8, 4) is 5.75 Å². The first-order valence-corrected chi connectivity index (χ1v) is 8.38. The molecule has 0 bridgehead atoms. The smallest absolute Gasteiger partial charge is 0.403 e. The largest absolute Gasteiger partial charge is 0.436 e. The maximum atomic E-state index is 13.6. The van der Waals surface area contributed by atoms with Gasteiger partial charge in [-0.15, -0.1) is 0 Å². The minimum Gasteiger partial charge on any atom is -0.403 e. The van der Waals surface area contributed by atoms with Crippen molar-refractivity contribution in [1.82, 2.24) is 25.1 Å². The lowest BCUT2D eigenvalue weighted by Gasteiger charge is -2.26. The van der Waals surface area contributed by atoms with Gasteiger partial charge < -0.3 is 9.64 Å². The number of nitrogens with one attached hydrogen (secondary N) is 1. The van der Waals surface area contributed by atoms with Gasteiger partial charge in [0, 0.05) is 18.9 Å². The Bertz CT molecular complexity index is 978. The number of anilines is 1. The lowest BCUT2D eigenvalue weighted by molar-refractivity contribution is 0.0848. The molecule has 3 aromatic heterocycles. The number of amides is 1. The first-order valence-electron chi connectivity index (χ1n) is 8.38. The van der Waals surface area contributed by atoms with Crippen LogP contribution in [-0.4, -0.2) is 39.3 Å². The predicted octanol–water partition coefficient (Wildman–Crippen LogP) is 2.25. The molecule has 1 atom stereocenters. The van der Waals surface area contributed by atoms with Crippen LogP contribution in [0, 0.1) is 5.82 Å². The van der Waals surface area contributed by atoms with Gasteiger partial charge >= 0.3 is 6.09 Å². The molecule has 1 N–H and O–H groups in total. The fraction of sp³-hybridized carbons (Fsp3) is 0.294. The van der Waals surface area contributed by atoms with E-state index in [1.54, 1.807) is 12.4 Å². The third kappa shape index (κ3) is 3.38. The van der Waals surface area contributed by atoms with Crippen molar-refractivity contribution in [2.45, 2.75) is 18.9 Å². The highest BCUT2D eigenvalue weighted by molar-refractivity contribution is 5.72. The fourth-order valence-electron chi connectivity index (χ4n) is 3.27. The van der Waals surface area contributed by atoms with Crippen LogP contribution in [0.4, 0.5) is 15.0 Å². The fourth-order valence-corrected chi connectivity index (χ4v) is 3.27. The summed E-state index contributed by atoms with van der Waals surface area (Å²) in [5.74, 6) is 0.528. The number of fused-ring (bicyclic) bond motifs is 1. The maximum absolute atomic E-state index is 13.6. The van der Waals surface area contributed by atoms with E-state index in [1.165, 1.54) is 30.1 Å². The number of carbonyl (C=O) groups is 1. The number of hydrogen-bond donors (Lipinski definition) is 1. The molecule has 0 unspecified atom stereocenters. The standard InChI is InChI=1S/C17H17FN6O3/c1-26-22-17(25)27-14-10-20-24-6-4-15(21-16(14)24)23-5-2-3-13(23)11-7-12(18)9-19-8-11/h4,6-10,13H,2-3,5H2,1H3,(H,22,25)/t13-/m1/s1. The number of pyridine rings is 1. The Balaban J connectivity index is 1.65. The monoisotopic (exact) mass is 372 g/mol. The second-order valence-corrected chi connectivity index (χ2v) is 6.05. The molecule has 1 aliphatic heterocycles. The molecular weight excluding hydrogens is 355 g/mol.